The molecule has 5 nitrogen and oxygen atoms in total. The second-order valence-electron chi connectivity index (χ2n) is 3.36. The minimum Gasteiger partial charge on any atom is -0.352 e. The van der Waals surface area contributed by atoms with Crippen molar-refractivity contribution in [2.45, 2.75) is 6.54 Å². The van der Waals surface area contributed by atoms with E-state index >= 15 is 0 Å². The van der Waals surface area contributed by atoms with Crippen LogP contribution in [-0.2, 0) is 6.54 Å². The number of hydrogen-bond donors (Lipinski definition) is 4. The number of rotatable bonds is 2. The molecule has 2 amide bonds. The van der Waals surface area contributed by atoms with Crippen molar-refractivity contribution in [2.75, 3.05) is 0 Å². The Bertz CT molecular complexity index is 393. The number of nitrogens with one attached hydrogen (secondary N) is 1. The molecule has 2 aromatic carbocycles. The largest absolute Gasteiger partial charge is 0.352 e. The fourth-order valence-corrected chi connectivity index (χ4v) is 1.17. The van der Waals surface area contributed by atoms with Crippen LogP contribution < -0.4 is 22.7 Å². The van der Waals surface area contributed by atoms with Gasteiger partial charge in [-0.2, -0.15) is 0 Å². The van der Waals surface area contributed by atoms with E-state index in [1.807, 2.05) is 66.7 Å². The minimum atomic E-state index is -0.492. The van der Waals surface area contributed by atoms with Gasteiger partial charge >= 0.3 is 6.03 Å². The Balaban J connectivity index is 0.000000341. The highest BCUT2D eigenvalue weighted by molar-refractivity contribution is 5.71. The average molecular weight is 260 g/mol. The maximum absolute atomic E-state index is 10.3. The summed E-state index contributed by atoms with van der Waals surface area (Å²) in [5.41, 5.74) is 5.94. The van der Waals surface area contributed by atoms with Gasteiger partial charge in [0.15, 0.2) is 0 Å². The summed E-state index contributed by atoms with van der Waals surface area (Å²) in [4.78, 5) is 10.3. The number of urea groups is 1. The molecule has 0 fully saturated rings. The molecule has 0 bridgehead atoms. The standard InChI is InChI=1S/C8H10N2O.C6H6.H4N2/c9-8(11)10-6-7-4-2-1-3-5-7;1-2-4-6-5-3-1;1-2/h1-5H,6H2,(H3,9,10,11);1-6H;1-2H2. The molecular weight excluding hydrogens is 240 g/mol. The molecule has 2 rings (SSSR count). The summed E-state index contributed by atoms with van der Waals surface area (Å²) in [6.45, 7) is 0.496. The maximum Gasteiger partial charge on any atom is 0.312 e. The Hall–Kier alpha value is -2.37. The van der Waals surface area contributed by atoms with Crippen LogP contribution in [0.5, 0.6) is 0 Å². The van der Waals surface area contributed by atoms with Crippen LogP contribution >= 0.6 is 0 Å². The number of hydrazine groups is 1. The molecular formula is C14H20N4O. The first-order chi connectivity index (χ1) is 9.29. The van der Waals surface area contributed by atoms with Crippen LogP contribution in [0.2, 0.25) is 0 Å². The lowest BCUT2D eigenvalue weighted by Crippen LogP contribution is -2.28. The lowest BCUT2D eigenvalue weighted by molar-refractivity contribution is 0.248. The summed E-state index contributed by atoms with van der Waals surface area (Å²) in [6.07, 6.45) is 0. The number of amides is 2. The van der Waals surface area contributed by atoms with E-state index in [1.54, 1.807) is 0 Å². The Morgan fingerprint density at radius 1 is 0.842 bits per heavy atom. The molecule has 19 heavy (non-hydrogen) atoms. The highest BCUT2D eigenvalue weighted by atomic mass is 16.2. The second kappa shape index (κ2) is 12.1. The smallest absolute Gasteiger partial charge is 0.312 e. The zero-order valence-corrected chi connectivity index (χ0v) is 10.7. The van der Waals surface area contributed by atoms with Gasteiger partial charge < -0.3 is 11.1 Å². The molecule has 0 unspecified atom stereocenters. The van der Waals surface area contributed by atoms with Crippen LogP contribution in [-0.4, -0.2) is 6.03 Å². The van der Waals surface area contributed by atoms with Gasteiger partial charge in [0.25, 0.3) is 0 Å². The molecule has 0 atom stereocenters. The Morgan fingerprint density at radius 3 is 1.58 bits per heavy atom. The summed E-state index contributed by atoms with van der Waals surface area (Å²) in [7, 11) is 0. The van der Waals surface area contributed by atoms with Crippen molar-refractivity contribution in [1.29, 1.82) is 0 Å². The van der Waals surface area contributed by atoms with Crippen molar-refractivity contribution in [1.82, 2.24) is 5.32 Å². The summed E-state index contributed by atoms with van der Waals surface area (Å²) < 4.78 is 0. The van der Waals surface area contributed by atoms with E-state index in [2.05, 4.69) is 17.0 Å². The Kier molecular flexibility index (Phi) is 10.6. The molecule has 0 aliphatic rings. The molecule has 2 aromatic rings. The lowest BCUT2D eigenvalue weighted by Gasteiger charge is -1.99. The third-order valence-electron chi connectivity index (χ3n) is 1.98. The van der Waals surface area contributed by atoms with E-state index in [4.69, 9.17) is 5.73 Å². The van der Waals surface area contributed by atoms with E-state index in [9.17, 15) is 4.79 Å². The SMILES string of the molecule is NC(=O)NCc1ccccc1.NN.c1ccccc1. The van der Waals surface area contributed by atoms with Gasteiger partial charge in [0.05, 0.1) is 0 Å². The Morgan fingerprint density at radius 2 is 1.21 bits per heavy atom. The van der Waals surface area contributed by atoms with Gasteiger partial charge in [0.2, 0.25) is 0 Å². The predicted octanol–water partition coefficient (Wildman–Crippen LogP) is 1.36. The molecule has 5 heteroatoms. The number of nitrogens with two attached hydrogens (primary N) is 3. The van der Waals surface area contributed by atoms with E-state index in [1.165, 1.54) is 0 Å². The molecule has 0 aromatic heterocycles. The molecule has 7 N–H and O–H groups in total. The van der Waals surface area contributed by atoms with Crippen LogP contribution in [0.1, 0.15) is 5.56 Å². The summed E-state index contributed by atoms with van der Waals surface area (Å²) in [6, 6.07) is 21.1. The van der Waals surface area contributed by atoms with Gasteiger partial charge in [-0.3, -0.25) is 11.7 Å². The van der Waals surface area contributed by atoms with Gasteiger partial charge in [-0.25, -0.2) is 4.79 Å². The van der Waals surface area contributed by atoms with Gasteiger partial charge in [0, 0.05) is 6.54 Å². The van der Waals surface area contributed by atoms with Crippen LogP contribution in [0.15, 0.2) is 66.7 Å². The van der Waals surface area contributed by atoms with Crippen molar-refractivity contribution >= 4 is 6.03 Å². The fraction of sp³-hybridized carbons (Fsp3) is 0.0714. The average Bonchev–Trinajstić information content (AvgIpc) is 2.51. The van der Waals surface area contributed by atoms with Gasteiger partial charge in [0.1, 0.15) is 0 Å². The predicted molar refractivity (Wildman–Crippen MR) is 77.7 cm³/mol. The van der Waals surface area contributed by atoms with Crippen molar-refractivity contribution < 1.29 is 4.79 Å². The quantitative estimate of drug-likeness (QED) is 0.483. The number of primary amides is 1. The zero-order chi connectivity index (χ0) is 14.3. The zero-order valence-electron chi connectivity index (χ0n) is 10.7. The highest BCUT2D eigenvalue weighted by Crippen LogP contribution is 1.96. The normalized spacial score (nSPS) is 8.11. The highest BCUT2D eigenvalue weighted by Gasteiger charge is 1.91. The summed E-state index contributed by atoms with van der Waals surface area (Å²) in [5.74, 6) is 8.00. The summed E-state index contributed by atoms with van der Waals surface area (Å²) in [5, 5.41) is 2.50. The van der Waals surface area contributed by atoms with Crippen molar-refractivity contribution in [3.05, 3.63) is 72.3 Å². The second-order valence-corrected chi connectivity index (χ2v) is 3.36. The van der Waals surface area contributed by atoms with Gasteiger partial charge in [-0.05, 0) is 5.56 Å². The van der Waals surface area contributed by atoms with E-state index < -0.39 is 6.03 Å². The minimum absolute atomic E-state index is 0.492. The topological polar surface area (TPSA) is 107 Å². The maximum atomic E-state index is 10.3. The molecule has 0 aliphatic heterocycles. The van der Waals surface area contributed by atoms with Crippen molar-refractivity contribution in [3.63, 3.8) is 0 Å². The first-order valence-electron chi connectivity index (χ1n) is 5.69. The molecule has 0 saturated heterocycles. The van der Waals surface area contributed by atoms with Crippen LogP contribution in [0, 0.1) is 0 Å². The van der Waals surface area contributed by atoms with Crippen LogP contribution in [0.3, 0.4) is 0 Å². The number of hydrogen-bond acceptors (Lipinski definition) is 3. The number of carbonyl (C=O) groups is 1. The summed E-state index contributed by atoms with van der Waals surface area (Å²) >= 11 is 0. The van der Waals surface area contributed by atoms with Crippen molar-refractivity contribution in [2.24, 2.45) is 17.4 Å². The van der Waals surface area contributed by atoms with E-state index in [0.29, 0.717) is 6.54 Å². The first-order valence-corrected chi connectivity index (χ1v) is 5.69. The molecule has 0 aliphatic carbocycles. The molecule has 0 heterocycles. The van der Waals surface area contributed by atoms with Crippen molar-refractivity contribution in [3.8, 4) is 0 Å². The number of benzene rings is 2. The first kappa shape index (κ1) is 16.6. The molecule has 0 saturated carbocycles. The molecule has 0 spiro atoms. The monoisotopic (exact) mass is 260 g/mol. The lowest BCUT2D eigenvalue weighted by atomic mass is 10.2. The van der Waals surface area contributed by atoms with Gasteiger partial charge in [-0.15, -0.1) is 0 Å². The number of carbonyl (C=O) groups excluding carboxylic acids is 1. The Labute approximate surface area is 113 Å². The fourth-order valence-electron chi connectivity index (χ4n) is 1.17. The van der Waals surface area contributed by atoms with Crippen LogP contribution in [0.4, 0.5) is 4.79 Å². The van der Waals surface area contributed by atoms with E-state index in [-0.39, 0.29) is 0 Å². The molecule has 0 radical (unpaired) electrons. The van der Waals surface area contributed by atoms with Gasteiger partial charge in [-0.1, -0.05) is 66.7 Å². The van der Waals surface area contributed by atoms with E-state index in [0.717, 1.165) is 5.56 Å². The third-order valence-corrected chi connectivity index (χ3v) is 1.98. The van der Waals surface area contributed by atoms with Crippen LogP contribution in [0.25, 0.3) is 0 Å². The molecule has 102 valence electrons. The third kappa shape index (κ3) is 10.5.